The largest absolute Gasteiger partial charge is 0.465 e. The van der Waals surface area contributed by atoms with E-state index >= 15 is 0 Å². The highest BCUT2D eigenvalue weighted by Crippen LogP contribution is 2.20. The molecule has 1 heterocycles. The fourth-order valence-corrected chi connectivity index (χ4v) is 3.25. The first-order valence-corrected chi connectivity index (χ1v) is 9.74. The fraction of sp³-hybridized carbons (Fsp3) is 0.476. The van der Waals surface area contributed by atoms with Gasteiger partial charge in [-0.25, -0.2) is 4.79 Å². The zero-order valence-electron chi connectivity index (χ0n) is 17.1. The third-order valence-corrected chi connectivity index (χ3v) is 4.63. The number of hydrogen-bond acceptors (Lipinski definition) is 6. The van der Waals surface area contributed by atoms with E-state index in [4.69, 9.17) is 14.6 Å². The second kappa shape index (κ2) is 11.5. The molecule has 0 radical (unpaired) electrons. The number of amides is 1. The van der Waals surface area contributed by atoms with Gasteiger partial charge >= 0.3 is 6.09 Å². The SMILES string of the molecule is CCOC(OCC)[C@H](C)N(Cc1cccc2cccnc12)C[C@@H](C=O)NC(=O)O. The summed E-state index contributed by atoms with van der Waals surface area (Å²) < 4.78 is 11.5. The number of hydrogen-bond donors (Lipinski definition) is 2. The van der Waals surface area contributed by atoms with Gasteiger partial charge in [-0.15, -0.1) is 0 Å². The molecule has 0 aliphatic carbocycles. The van der Waals surface area contributed by atoms with Crippen LogP contribution in [0.25, 0.3) is 10.9 Å². The summed E-state index contributed by atoms with van der Waals surface area (Å²) >= 11 is 0. The smallest absolute Gasteiger partial charge is 0.405 e. The van der Waals surface area contributed by atoms with Gasteiger partial charge < -0.3 is 24.7 Å². The number of carbonyl (C=O) groups excluding carboxylic acids is 1. The van der Waals surface area contributed by atoms with Crippen LogP contribution >= 0.6 is 0 Å². The number of carboxylic acid groups (broad SMARTS) is 1. The molecule has 1 aromatic carbocycles. The molecule has 8 nitrogen and oxygen atoms in total. The number of nitrogens with zero attached hydrogens (tertiary/aromatic N) is 2. The number of para-hydroxylation sites is 1. The highest BCUT2D eigenvalue weighted by molar-refractivity contribution is 5.81. The summed E-state index contributed by atoms with van der Waals surface area (Å²) in [6, 6.07) is 8.69. The van der Waals surface area contributed by atoms with Crippen LogP contribution in [0, 0.1) is 0 Å². The summed E-state index contributed by atoms with van der Waals surface area (Å²) in [6.45, 7) is 7.30. The van der Waals surface area contributed by atoms with Crippen molar-refractivity contribution >= 4 is 23.3 Å². The highest BCUT2D eigenvalue weighted by Gasteiger charge is 2.28. The summed E-state index contributed by atoms with van der Waals surface area (Å²) in [5.41, 5.74) is 1.84. The van der Waals surface area contributed by atoms with Crippen LogP contribution in [0.4, 0.5) is 4.79 Å². The monoisotopic (exact) mass is 403 g/mol. The number of aromatic nitrogens is 1. The fourth-order valence-electron chi connectivity index (χ4n) is 3.25. The predicted octanol–water partition coefficient (Wildman–Crippen LogP) is 2.66. The summed E-state index contributed by atoms with van der Waals surface area (Å²) in [5.74, 6) is 0. The molecule has 2 N–H and O–H groups in total. The molecule has 0 fully saturated rings. The van der Waals surface area contributed by atoms with Crippen molar-refractivity contribution in [3.05, 3.63) is 42.1 Å². The molecule has 2 atom stereocenters. The molecule has 2 rings (SSSR count). The van der Waals surface area contributed by atoms with Crippen LogP contribution in [0.3, 0.4) is 0 Å². The topological polar surface area (TPSA) is 101 Å². The van der Waals surface area contributed by atoms with Crippen molar-refractivity contribution in [1.82, 2.24) is 15.2 Å². The Morgan fingerprint density at radius 3 is 2.55 bits per heavy atom. The number of benzene rings is 1. The van der Waals surface area contributed by atoms with Gasteiger partial charge in [-0.05, 0) is 32.4 Å². The molecule has 0 aliphatic heterocycles. The van der Waals surface area contributed by atoms with Crippen molar-refractivity contribution in [2.24, 2.45) is 0 Å². The lowest BCUT2D eigenvalue weighted by molar-refractivity contribution is -0.172. The van der Waals surface area contributed by atoms with Gasteiger partial charge in [0.25, 0.3) is 0 Å². The zero-order chi connectivity index (χ0) is 21.2. The molecule has 1 aromatic heterocycles. The number of fused-ring (bicyclic) bond motifs is 1. The van der Waals surface area contributed by atoms with Gasteiger partial charge in [-0.2, -0.15) is 0 Å². The maximum Gasteiger partial charge on any atom is 0.405 e. The van der Waals surface area contributed by atoms with Crippen molar-refractivity contribution in [1.29, 1.82) is 0 Å². The van der Waals surface area contributed by atoms with E-state index in [0.717, 1.165) is 16.5 Å². The predicted molar refractivity (Wildman–Crippen MR) is 110 cm³/mol. The van der Waals surface area contributed by atoms with Crippen molar-refractivity contribution in [2.75, 3.05) is 19.8 Å². The van der Waals surface area contributed by atoms with Crippen LogP contribution in [0.2, 0.25) is 0 Å². The maximum atomic E-state index is 11.5. The Kier molecular flexibility index (Phi) is 8.98. The van der Waals surface area contributed by atoms with E-state index in [9.17, 15) is 9.59 Å². The molecule has 0 saturated carbocycles. The van der Waals surface area contributed by atoms with E-state index in [-0.39, 0.29) is 12.6 Å². The Morgan fingerprint density at radius 1 is 1.24 bits per heavy atom. The van der Waals surface area contributed by atoms with Crippen molar-refractivity contribution in [3.8, 4) is 0 Å². The van der Waals surface area contributed by atoms with E-state index in [1.807, 2.05) is 56.0 Å². The first-order valence-electron chi connectivity index (χ1n) is 9.74. The molecule has 2 aromatic rings. The molecule has 0 bridgehead atoms. The van der Waals surface area contributed by atoms with Crippen molar-refractivity contribution in [3.63, 3.8) is 0 Å². The molecule has 158 valence electrons. The molecule has 0 unspecified atom stereocenters. The summed E-state index contributed by atoms with van der Waals surface area (Å²) in [5, 5.41) is 12.3. The normalized spacial score (nSPS) is 13.6. The van der Waals surface area contributed by atoms with Gasteiger partial charge in [-0.3, -0.25) is 9.88 Å². The molecule has 0 saturated heterocycles. The first kappa shape index (κ1) is 22.7. The molecule has 1 amide bonds. The second-order valence-corrected chi connectivity index (χ2v) is 6.63. The Labute approximate surface area is 170 Å². The summed E-state index contributed by atoms with van der Waals surface area (Å²) in [4.78, 5) is 29.0. The molecule has 29 heavy (non-hydrogen) atoms. The van der Waals surface area contributed by atoms with E-state index < -0.39 is 18.4 Å². The lowest BCUT2D eigenvalue weighted by atomic mass is 10.1. The zero-order valence-corrected chi connectivity index (χ0v) is 17.1. The number of nitrogens with one attached hydrogen (secondary N) is 1. The Bertz CT molecular complexity index is 789. The minimum Gasteiger partial charge on any atom is -0.465 e. The van der Waals surface area contributed by atoms with Crippen LogP contribution in [-0.4, -0.2) is 65.5 Å². The summed E-state index contributed by atoms with van der Waals surface area (Å²) in [6.07, 6.45) is 0.590. The molecular formula is C21H29N3O5. The van der Waals surface area contributed by atoms with Crippen molar-refractivity contribution in [2.45, 2.75) is 45.7 Å². The quantitative estimate of drug-likeness (QED) is 0.415. The number of ether oxygens (including phenoxy) is 2. The molecule has 8 heteroatoms. The number of carbonyl (C=O) groups is 2. The minimum atomic E-state index is -1.24. The van der Waals surface area contributed by atoms with Gasteiger partial charge in [0, 0.05) is 37.9 Å². The van der Waals surface area contributed by atoms with Gasteiger partial charge in [-0.1, -0.05) is 24.3 Å². The van der Waals surface area contributed by atoms with Gasteiger partial charge in [0.15, 0.2) is 6.29 Å². The average Bonchev–Trinajstić information content (AvgIpc) is 2.71. The van der Waals surface area contributed by atoms with Crippen LogP contribution < -0.4 is 5.32 Å². The standard InChI is InChI=1S/C21H29N3O5/c1-4-28-20(29-5-2)15(3)24(13-18(14-25)23-21(26)27)12-17-9-6-8-16-10-7-11-22-19(16)17/h6-11,14-15,18,20,23H,4-5,12-13H2,1-3H3,(H,26,27)/t15-,18-/m0/s1. The number of pyridine rings is 1. The average molecular weight is 403 g/mol. The van der Waals surface area contributed by atoms with Crippen molar-refractivity contribution < 1.29 is 24.2 Å². The molecule has 0 spiro atoms. The van der Waals surface area contributed by atoms with Crippen LogP contribution in [0.1, 0.15) is 26.3 Å². The Morgan fingerprint density at radius 2 is 1.93 bits per heavy atom. The molecular weight excluding hydrogens is 374 g/mol. The van der Waals surface area contributed by atoms with Crippen LogP contribution in [0.5, 0.6) is 0 Å². The Hall–Kier alpha value is -2.55. The third kappa shape index (κ3) is 6.49. The van der Waals surface area contributed by atoms with Crippen LogP contribution in [0.15, 0.2) is 36.5 Å². The Balaban J connectivity index is 2.34. The van der Waals surface area contributed by atoms with Gasteiger partial charge in [0.1, 0.15) is 12.3 Å². The van der Waals surface area contributed by atoms with E-state index in [2.05, 4.69) is 10.3 Å². The van der Waals surface area contributed by atoms with E-state index in [0.29, 0.717) is 26.0 Å². The van der Waals surface area contributed by atoms with E-state index in [1.54, 1.807) is 6.20 Å². The van der Waals surface area contributed by atoms with Crippen LogP contribution in [-0.2, 0) is 20.8 Å². The highest BCUT2D eigenvalue weighted by atomic mass is 16.7. The summed E-state index contributed by atoms with van der Waals surface area (Å²) in [7, 11) is 0. The molecule has 0 aliphatic rings. The number of aldehydes is 1. The first-order chi connectivity index (χ1) is 14.0. The maximum absolute atomic E-state index is 11.5. The van der Waals surface area contributed by atoms with E-state index in [1.165, 1.54) is 0 Å². The number of rotatable bonds is 12. The second-order valence-electron chi connectivity index (χ2n) is 6.63. The van der Waals surface area contributed by atoms with Gasteiger partial charge in [0.2, 0.25) is 0 Å². The lowest BCUT2D eigenvalue weighted by Crippen LogP contribution is -2.51. The third-order valence-electron chi connectivity index (χ3n) is 4.63. The van der Waals surface area contributed by atoms with Gasteiger partial charge in [0.05, 0.1) is 11.6 Å². The minimum absolute atomic E-state index is 0.177. The lowest BCUT2D eigenvalue weighted by Gasteiger charge is -2.35.